The van der Waals surface area contributed by atoms with Crippen LogP contribution in [-0.2, 0) is 7.05 Å². The van der Waals surface area contributed by atoms with Gasteiger partial charge in [0.15, 0.2) is 0 Å². The highest BCUT2D eigenvalue weighted by molar-refractivity contribution is 6.30. The van der Waals surface area contributed by atoms with Crippen molar-refractivity contribution in [1.29, 1.82) is 0 Å². The first-order valence-electron chi connectivity index (χ1n) is 8.35. The molecule has 2 heterocycles. The summed E-state index contributed by atoms with van der Waals surface area (Å²) in [6.45, 7) is 1.59. The van der Waals surface area contributed by atoms with Crippen molar-refractivity contribution in [2.24, 2.45) is 7.05 Å². The Morgan fingerprint density at radius 1 is 1.46 bits per heavy atom. The number of halogens is 1. The maximum absolute atomic E-state index is 6.11. The van der Waals surface area contributed by atoms with Crippen molar-refractivity contribution in [3.8, 4) is 5.75 Å². The van der Waals surface area contributed by atoms with Crippen molar-refractivity contribution in [1.82, 2.24) is 20.0 Å². The summed E-state index contributed by atoms with van der Waals surface area (Å²) in [5.41, 5.74) is 2.41. The number of hydrogen-bond donors (Lipinski definition) is 1. The van der Waals surface area contributed by atoms with Gasteiger partial charge in [-0.3, -0.25) is 4.68 Å². The lowest BCUT2D eigenvalue weighted by atomic mass is 10.0. The number of aryl methyl sites for hydroxylation is 1. The predicted molar refractivity (Wildman–Crippen MR) is 96.6 cm³/mol. The van der Waals surface area contributed by atoms with Gasteiger partial charge in [-0.25, -0.2) is 0 Å². The molecule has 2 atom stereocenters. The Hall–Kier alpha value is -1.56. The number of fused-ring (bicyclic) bond motifs is 1. The van der Waals surface area contributed by atoms with Crippen LogP contribution in [0, 0.1) is 0 Å². The largest absolute Gasteiger partial charge is 0.493 e. The lowest BCUT2D eigenvalue weighted by molar-refractivity contribution is 0.276. The molecule has 1 aliphatic rings. The van der Waals surface area contributed by atoms with Crippen LogP contribution in [0.4, 0.5) is 0 Å². The third kappa shape index (κ3) is 3.91. The SMILES string of the molecule is CN(C)[C@@H](CN[C@H]1CCCOc2cc(Cl)ccc21)c1cnn(C)c1. The third-order valence-electron chi connectivity index (χ3n) is 4.54. The number of likely N-dealkylation sites (N-methyl/N-ethyl adjacent to an activating group) is 1. The van der Waals surface area contributed by atoms with Crippen molar-refractivity contribution >= 4 is 11.6 Å². The molecular weight excluding hydrogens is 324 g/mol. The summed E-state index contributed by atoms with van der Waals surface area (Å²) in [6.07, 6.45) is 6.11. The second kappa shape index (κ2) is 7.55. The van der Waals surface area contributed by atoms with Crippen LogP contribution >= 0.6 is 11.6 Å². The molecule has 0 fully saturated rings. The number of ether oxygens (including phenoxy) is 1. The van der Waals surface area contributed by atoms with Gasteiger partial charge in [-0.05, 0) is 39.1 Å². The van der Waals surface area contributed by atoms with Crippen LogP contribution in [0.25, 0.3) is 0 Å². The van der Waals surface area contributed by atoms with E-state index in [0.29, 0.717) is 0 Å². The van der Waals surface area contributed by atoms with Gasteiger partial charge >= 0.3 is 0 Å². The van der Waals surface area contributed by atoms with Crippen molar-refractivity contribution in [2.75, 3.05) is 27.2 Å². The van der Waals surface area contributed by atoms with E-state index >= 15 is 0 Å². The highest BCUT2D eigenvalue weighted by Crippen LogP contribution is 2.34. The number of nitrogens with one attached hydrogen (secondary N) is 1. The van der Waals surface area contributed by atoms with Crippen molar-refractivity contribution in [2.45, 2.75) is 24.9 Å². The maximum Gasteiger partial charge on any atom is 0.125 e. The molecule has 0 unspecified atom stereocenters. The summed E-state index contributed by atoms with van der Waals surface area (Å²) in [4.78, 5) is 2.22. The average Bonchev–Trinajstić information content (AvgIpc) is 2.85. The molecule has 0 aliphatic carbocycles. The van der Waals surface area contributed by atoms with Crippen LogP contribution in [0.1, 0.15) is 36.1 Å². The van der Waals surface area contributed by atoms with Crippen molar-refractivity contribution < 1.29 is 4.74 Å². The molecule has 1 aromatic heterocycles. The van der Waals surface area contributed by atoms with E-state index in [4.69, 9.17) is 16.3 Å². The number of rotatable bonds is 5. The summed E-state index contributed by atoms with van der Waals surface area (Å²) in [6, 6.07) is 6.49. The average molecular weight is 349 g/mol. The van der Waals surface area contributed by atoms with E-state index in [1.165, 1.54) is 11.1 Å². The van der Waals surface area contributed by atoms with E-state index in [1.54, 1.807) is 0 Å². The molecule has 0 saturated carbocycles. The van der Waals surface area contributed by atoms with Crippen molar-refractivity contribution in [3.05, 3.63) is 46.7 Å². The molecular formula is C18H25ClN4O. The van der Waals surface area contributed by atoms with Crippen LogP contribution in [0.3, 0.4) is 0 Å². The highest BCUT2D eigenvalue weighted by atomic mass is 35.5. The zero-order valence-electron chi connectivity index (χ0n) is 14.5. The lowest BCUT2D eigenvalue weighted by Crippen LogP contribution is -2.33. The Morgan fingerprint density at radius 3 is 3.00 bits per heavy atom. The minimum Gasteiger partial charge on any atom is -0.493 e. The Labute approximate surface area is 148 Å². The normalized spacial score (nSPS) is 18.8. The van der Waals surface area contributed by atoms with Gasteiger partial charge in [-0.1, -0.05) is 17.7 Å². The molecule has 1 N–H and O–H groups in total. The Balaban J connectivity index is 1.75. The zero-order valence-corrected chi connectivity index (χ0v) is 15.3. The molecule has 0 spiro atoms. The molecule has 2 aromatic rings. The molecule has 24 heavy (non-hydrogen) atoms. The molecule has 5 nitrogen and oxygen atoms in total. The lowest BCUT2D eigenvalue weighted by Gasteiger charge is -2.27. The van der Waals surface area contributed by atoms with E-state index in [1.807, 2.05) is 30.1 Å². The molecule has 3 rings (SSSR count). The van der Waals surface area contributed by atoms with Crippen LogP contribution in [0.2, 0.25) is 5.02 Å². The summed E-state index contributed by atoms with van der Waals surface area (Å²) >= 11 is 6.11. The molecule has 0 amide bonds. The van der Waals surface area contributed by atoms with Gasteiger partial charge in [-0.15, -0.1) is 0 Å². The number of hydrogen-bond acceptors (Lipinski definition) is 4. The second-order valence-corrected chi connectivity index (χ2v) is 7.00. The van der Waals surface area contributed by atoms with E-state index in [0.717, 1.165) is 36.8 Å². The molecule has 1 aliphatic heterocycles. The quantitative estimate of drug-likeness (QED) is 0.901. The van der Waals surface area contributed by atoms with Crippen molar-refractivity contribution in [3.63, 3.8) is 0 Å². The fraction of sp³-hybridized carbons (Fsp3) is 0.500. The summed E-state index contributed by atoms with van der Waals surface area (Å²) in [5, 5.41) is 8.75. The van der Waals surface area contributed by atoms with Gasteiger partial charge in [0.05, 0.1) is 12.8 Å². The van der Waals surface area contributed by atoms with Crippen LogP contribution in [0.5, 0.6) is 5.75 Å². The van der Waals surface area contributed by atoms with Crippen LogP contribution < -0.4 is 10.1 Å². The summed E-state index contributed by atoms with van der Waals surface area (Å²) < 4.78 is 7.70. The predicted octanol–water partition coefficient (Wildman–Crippen LogP) is 3.18. The van der Waals surface area contributed by atoms with Gasteiger partial charge < -0.3 is 15.0 Å². The standard InChI is InChI=1S/C18H25ClN4O/c1-22(2)17(13-10-21-23(3)12-13)11-20-16-5-4-8-24-18-9-14(19)6-7-15(16)18/h6-7,9-10,12,16-17,20H,4-5,8,11H2,1-3H3/t16-,17-/m0/s1. The Bertz CT molecular complexity index is 685. The fourth-order valence-electron chi connectivity index (χ4n) is 3.22. The smallest absolute Gasteiger partial charge is 0.125 e. The third-order valence-corrected chi connectivity index (χ3v) is 4.77. The molecule has 1 aromatic carbocycles. The first-order chi connectivity index (χ1) is 11.5. The molecule has 130 valence electrons. The first-order valence-corrected chi connectivity index (χ1v) is 8.73. The van der Waals surface area contributed by atoms with Gasteiger partial charge in [0.1, 0.15) is 5.75 Å². The number of benzene rings is 1. The van der Waals surface area contributed by atoms with Gasteiger partial charge in [0.2, 0.25) is 0 Å². The minimum absolute atomic E-state index is 0.277. The summed E-state index contributed by atoms with van der Waals surface area (Å²) in [5.74, 6) is 0.903. The Morgan fingerprint density at radius 2 is 2.29 bits per heavy atom. The highest BCUT2D eigenvalue weighted by Gasteiger charge is 2.22. The molecule has 0 bridgehead atoms. The Kier molecular flexibility index (Phi) is 5.43. The fourth-order valence-corrected chi connectivity index (χ4v) is 3.38. The molecule has 0 saturated heterocycles. The number of aromatic nitrogens is 2. The van der Waals surface area contributed by atoms with Crippen LogP contribution in [0.15, 0.2) is 30.6 Å². The first kappa shape index (κ1) is 17.3. The van der Waals surface area contributed by atoms with Gasteiger partial charge in [-0.2, -0.15) is 5.10 Å². The summed E-state index contributed by atoms with van der Waals surface area (Å²) in [7, 11) is 6.15. The van der Waals surface area contributed by atoms with E-state index in [2.05, 4.69) is 41.7 Å². The van der Waals surface area contributed by atoms with E-state index in [9.17, 15) is 0 Å². The minimum atomic E-state index is 0.277. The molecule has 0 radical (unpaired) electrons. The number of nitrogens with zero attached hydrogens (tertiary/aromatic N) is 3. The zero-order chi connectivity index (χ0) is 17.1. The van der Waals surface area contributed by atoms with Gasteiger partial charge in [0.25, 0.3) is 0 Å². The monoisotopic (exact) mass is 348 g/mol. The van der Waals surface area contributed by atoms with Gasteiger partial charge in [0, 0.05) is 48.0 Å². The van der Waals surface area contributed by atoms with Crippen LogP contribution in [-0.4, -0.2) is 41.9 Å². The second-order valence-electron chi connectivity index (χ2n) is 6.56. The molecule has 6 heteroatoms. The maximum atomic E-state index is 6.11. The topological polar surface area (TPSA) is 42.3 Å². The van der Waals surface area contributed by atoms with E-state index in [-0.39, 0.29) is 12.1 Å². The van der Waals surface area contributed by atoms with E-state index < -0.39 is 0 Å².